The molecule has 2 atom stereocenters. The zero-order chi connectivity index (χ0) is 25.0. The van der Waals surface area contributed by atoms with Crippen molar-refractivity contribution in [2.24, 2.45) is 0 Å². The predicted octanol–water partition coefficient (Wildman–Crippen LogP) is 3.92. The molecule has 0 radical (unpaired) electrons. The van der Waals surface area contributed by atoms with Crippen molar-refractivity contribution >= 4 is 16.7 Å². The Hall–Kier alpha value is -3.23. The van der Waals surface area contributed by atoms with Gasteiger partial charge in [0.1, 0.15) is 11.6 Å². The molecule has 0 spiro atoms. The standard InChI is InChI=1S/C26H30FNO6/c1-15(2)28-25(22-10-8-16(27)12-23(22)34-3)20(19-6-4-5-7-21(19)26(28)33)11-9-17(29)13-18(30)14-24(31)32/h4-8,10,12,15,17-18,29-30H,9,11,13-14H2,1-3H3,(H,31,32)/t17-,18?/m1/s1. The van der Waals surface area contributed by atoms with Gasteiger partial charge in [0, 0.05) is 23.1 Å². The summed E-state index contributed by atoms with van der Waals surface area (Å²) < 4.78 is 21.1. The number of aliphatic hydroxyl groups excluding tert-OH is 2. The van der Waals surface area contributed by atoms with Crippen LogP contribution in [0.5, 0.6) is 5.75 Å². The molecule has 0 aliphatic rings. The van der Waals surface area contributed by atoms with Crippen molar-refractivity contribution in [2.75, 3.05) is 7.11 Å². The first-order valence-electron chi connectivity index (χ1n) is 11.2. The van der Waals surface area contributed by atoms with Crippen LogP contribution >= 0.6 is 0 Å². The topological polar surface area (TPSA) is 109 Å². The number of hydrogen-bond donors (Lipinski definition) is 3. The van der Waals surface area contributed by atoms with Crippen LogP contribution in [0, 0.1) is 5.82 Å². The summed E-state index contributed by atoms with van der Waals surface area (Å²) in [4.78, 5) is 24.3. The quantitative estimate of drug-likeness (QED) is 0.414. The van der Waals surface area contributed by atoms with Gasteiger partial charge in [-0.15, -0.1) is 0 Å². The fourth-order valence-electron chi connectivity index (χ4n) is 4.36. The molecule has 1 heterocycles. The van der Waals surface area contributed by atoms with E-state index < -0.39 is 30.4 Å². The number of rotatable bonds is 10. The van der Waals surface area contributed by atoms with Crippen LogP contribution in [0.2, 0.25) is 0 Å². The molecule has 3 rings (SSSR count). The van der Waals surface area contributed by atoms with Gasteiger partial charge >= 0.3 is 5.97 Å². The Balaban J connectivity index is 2.18. The van der Waals surface area contributed by atoms with Gasteiger partial charge in [0.25, 0.3) is 5.56 Å². The summed E-state index contributed by atoms with van der Waals surface area (Å²) in [5.74, 6) is -1.33. The van der Waals surface area contributed by atoms with Crippen molar-refractivity contribution < 1.29 is 29.2 Å². The zero-order valence-corrected chi connectivity index (χ0v) is 19.5. The van der Waals surface area contributed by atoms with E-state index in [1.807, 2.05) is 26.0 Å². The Morgan fingerprint density at radius 2 is 1.76 bits per heavy atom. The summed E-state index contributed by atoms with van der Waals surface area (Å²) >= 11 is 0. The molecule has 3 N–H and O–H groups in total. The van der Waals surface area contributed by atoms with Crippen molar-refractivity contribution in [2.45, 2.75) is 57.8 Å². The minimum atomic E-state index is -1.16. The van der Waals surface area contributed by atoms with E-state index in [4.69, 9.17) is 9.84 Å². The highest BCUT2D eigenvalue weighted by molar-refractivity contribution is 5.91. The summed E-state index contributed by atoms with van der Waals surface area (Å²) in [6, 6.07) is 11.1. The average molecular weight is 472 g/mol. The molecule has 0 aliphatic heterocycles. The normalized spacial score (nSPS) is 13.3. The number of carboxylic acid groups (broad SMARTS) is 1. The molecule has 0 saturated heterocycles. The van der Waals surface area contributed by atoms with Crippen LogP contribution in [0.4, 0.5) is 4.39 Å². The number of carbonyl (C=O) groups is 1. The van der Waals surface area contributed by atoms with Gasteiger partial charge in [-0.2, -0.15) is 0 Å². The number of halogens is 1. The minimum Gasteiger partial charge on any atom is -0.496 e. The van der Waals surface area contributed by atoms with Gasteiger partial charge in [-0.3, -0.25) is 9.59 Å². The Kier molecular flexibility index (Phi) is 8.06. The monoisotopic (exact) mass is 471 g/mol. The van der Waals surface area contributed by atoms with Crippen LogP contribution < -0.4 is 10.3 Å². The van der Waals surface area contributed by atoms with Crippen LogP contribution in [0.1, 0.15) is 44.7 Å². The molecule has 0 fully saturated rings. The number of pyridine rings is 1. The molecule has 1 unspecified atom stereocenters. The molecule has 0 saturated carbocycles. The van der Waals surface area contributed by atoms with Gasteiger partial charge < -0.3 is 24.6 Å². The molecular formula is C26H30FNO6. The van der Waals surface area contributed by atoms with Crippen molar-refractivity contribution in [3.05, 3.63) is 64.2 Å². The second-order valence-electron chi connectivity index (χ2n) is 8.67. The zero-order valence-electron chi connectivity index (χ0n) is 19.5. The van der Waals surface area contributed by atoms with Crippen molar-refractivity contribution in [3.8, 4) is 17.0 Å². The van der Waals surface area contributed by atoms with E-state index in [0.717, 1.165) is 5.56 Å². The third-order valence-electron chi connectivity index (χ3n) is 5.85. The summed E-state index contributed by atoms with van der Waals surface area (Å²) in [5, 5.41) is 30.5. The van der Waals surface area contributed by atoms with E-state index >= 15 is 0 Å². The molecule has 182 valence electrons. The van der Waals surface area contributed by atoms with E-state index in [0.29, 0.717) is 28.5 Å². The van der Waals surface area contributed by atoms with E-state index in [1.165, 1.54) is 19.2 Å². The largest absolute Gasteiger partial charge is 0.496 e. The predicted molar refractivity (Wildman–Crippen MR) is 128 cm³/mol. The molecule has 3 aromatic rings. The Morgan fingerprint density at radius 1 is 1.09 bits per heavy atom. The summed E-state index contributed by atoms with van der Waals surface area (Å²) in [6.07, 6.45) is -2.07. The van der Waals surface area contributed by atoms with Crippen LogP contribution in [-0.4, -0.2) is 45.2 Å². The Bertz CT molecular complexity index is 1240. The van der Waals surface area contributed by atoms with Crippen molar-refractivity contribution in [1.29, 1.82) is 0 Å². The summed E-state index contributed by atoms with van der Waals surface area (Å²) in [7, 11) is 1.43. The number of aromatic nitrogens is 1. The maximum absolute atomic E-state index is 14.0. The lowest BCUT2D eigenvalue weighted by molar-refractivity contribution is -0.139. The SMILES string of the molecule is COc1cc(F)ccc1-c1c(CC[C@@H](O)CC(O)CC(=O)O)c2ccccc2c(=O)n1C(C)C. The highest BCUT2D eigenvalue weighted by Crippen LogP contribution is 2.37. The summed E-state index contributed by atoms with van der Waals surface area (Å²) in [5.41, 5.74) is 1.72. The lowest BCUT2D eigenvalue weighted by atomic mass is 9.92. The number of carboxylic acids is 1. The third kappa shape index (κ3) is 5.46. The van der Waals surface area contributed by atoms with E-state index in [-0.39, 0.29) is 30.2 Å². The van der Waals surface area contributed by atoms with Gasteiger partial charge in [-0.1, -0.05) is 18.2 Å². The van der Waals surface area contributed by atoms with Gasteiger partial charge in [0.15, 0.2) is 0 Å². The molecule has 1 aromatic heterocycles. The maximum Gasteiger partial charge on any atom is 0.305 e. The lowest BCUT2D eigenvalue weighted by Gasteiger charge is -2.24. The highest BCUT2D eigenvalue weighted by atomic mass is 19.1. The number of nitrogens with zero attached hydrogens (tertiary/aromatic N) is 1. The molecule has 34 heavy (non-hydrogen) atoms. The van der Waals surface area contributed by atoms with Crippen LogP contribution in [0.3, 0.4) is 0 Å². The molecule has 0 aliphatic carbocycles. The smallest absolute Gasteiger partial charge is 0.305 e. The highest BCUT2D eigenvalue weighted by Gasteiger charge is 2.23. The fraction of sp³-hybridized carbons (Fsp3) is 0.385. The Morgan fingerprint density at radius 3 is 2.38 bits per heavy atom. The number of hydrogen-bond acceptors (Lipinski definition) is 5. The first kappa shape index (κ1) is 25.4. The minimum absolute atomic E-state index is 0.0801. The van der Waals surface area contributed by atoms with Crippen LogP contribution in [0.15, 0.2) is 47.3 Å². The maximum atomic E-state index is 14.0. The molecule has 8 heteroatoms. The third-order valence-corrected chi connectivity index (χ3v) is 5.85. The second-order valence-corrected chi connectivity index (χ2v) is 8.67. The van der Waals surface area contributed by atoms with Crippen molar-refractivity contribution in [3.63, 3.8) is 0 Å². The number of aliphatic carboxylic acids is 1. The number of fused-ring (bicyclic) bond motifs is 1. The van der Waals surface area contributed by atoms with Crippen LogP contribution in [0.25, 0.3) is 22.0 Å². The van der Waals surface area contributed by atoms with Gasteiger partial charge in [-0.05, 0) is 62.3 Å². The molecule has 2 aromatic carbocycles. The molecule has 0 bridgehead atoms. The number of aliphatic hydroxyl groups is 2. The molecule has 7 nitrogen and oxygen atoms in total. The number of benzene rings is 2. The van der Waals surface area contributed by atoms with E-state index in [2.05, 4.69) is 0 Å². The van der Waals surface area contributed by atoms with Gasteiger partial charge in [0.2, 0.25) is 0 Å². The lowest BCUT2D eigenvalue weighted by Crippen LogP contribution is -2.26. The number of methoxy groups -OCH3 is 1. The molecule has 0 amide bonds. The van der Waals surface area contributed by atoms with Crippen LogP contribution in [-0.2, 0) is 11.2 Å². The average Bonchev–Trinajstić information content (AvgIpc) is 2.77. The van der Waals surface area contributed by atoms with E-state index in [1.54, 1.807) is 22.8 Å². The first-order chi connectivity index (χ1) is 16.1. The van der Waals surface area contributed by atoms with Crippen molar-refractivity contribution in [1.82, 2.24) is 4.57 Å². The number of ether oxygens (including phenoxy) is 1. The van der Waals surface area contributed by atoms with Gasteiger partial charge in [-0.25, -0.2) is 4.39 Å². The first-order valence-corrected chi connectivity index (χ1v) is 11.2. The Labute approximate surface area is 197 Å². The number of aryl methyl sites for hydroxylation is 1. The second kappa shape index (κ2) is 10.8. The van der Waals surface area contributed by atoms with Gasteiger partial charge in [0.05, 0.1) is 31.4 Å². The molecular weight excluding hydrogens is 441 g/mol. The van der Waals surface area contributed by atoms with E-state index in [9.17, 15) is 24.2 Å². The fourth-order valence-corrected chi connectivity index (χ4v) is 4.36. The summed E-state index contributed by atoms with van der Waals surface area (Å²) in [6.45, 7) is 3.77.